The van der Waals surface area contributed by atoms with Crippen LogP contribution in [0.3, 0.4) is 0 Å². The molecule has 27 heavy (non-hydrogen) atoms. The highest BCUT2D eigenvalue weighted by Gasteiger charge is 2.42. The molecule has 3 atom stereocenters. The number of aromatic nitrogens is 1. The quantitative estimate of drug-likeness (QED) is 0.579. The predicted octanol–water partition coefficient (Wildman–Crippen LogP) is 3.14. The number of carbonyl (C=O) groups excluding carboxylic acids is 1. The van der Waals surface area contributed by atoms with Gasteiger partial charge in [-0.15, -0.1) is 12.4 Å². The maximum absolute atomic E-state index is 12.6. The summed E-state index contributed by atoms with van der Waals surface area (Å²) in [5.74, 6) is 0.251. The van der Waals surface area contributed by atoms with Gasteiger partial charge >= 0.3 is 5.97 Å². The van der Waals surface area contributed by atoms with Crippen molar-refractivity contribution in [3.8, 4) is 0 Å². The Balaban J connectivity index is 0.00000210. The van der Waals surface area contributed by atoms with E-state index in [2.05, 4.69) is 47.8 Å². The topological polar surface area (TPSA) is 43.7 Å². The van der Waals surface area contributed by atoms with Gasteiger partial charge in [0, 0.05) is 49.8 Å². The minimum Gasteiger partial charge on any atom is -0.463 e. The van der Waals surface area contributed by atoms with Crippen molar-refractivity contribution >= 4 is 29.3 Å². The Morgan fingerprint density at radius 1 is 1.30 bits per heavy atom. The summed E-state index contributed by atoms with van der Waals surface area (Å²) in [6, 6.07) is 7.08. The summed E-state index contributed by atoms with van der Waals surface area (Å²) in [5.41, 5.74) is 4.14. The number of methoxy groups -OCH3 is 1. The molecule has 0 amide bonds. The zero-order valence-corrected chi connectivity index (χ0v) is 17.1. The second-order valence-corrected chi connectivity index (χ2v) is 7.57. The van der Waals surface area contributed by atoms with E-state index in [9.17, 15) is 4.79 Å². The summed E-state index contributed by atoms with van der Waals surface area (Å²) < 4.78 is 12.7. The first-order valence-electron chi connectivity index (χ1n) is 9.60. The van der Waals surface area contributed by atoms with E-state index in [1.54, 1.807) is 7.11 Å². The Bertz CT molecular complexity index is 819. The van der Waals surface area contributed by atoms with Gasteiger partial charge in [-0.3, -0.25) is 9.69 Å². The van der Waals surface area contributed by atoms with E-state index in [-0.39, 0.29) is 24.3 Å². The maximum Gasteiger partial charge on any atom is 0.310 e. The van der Waals surface area contributed by atoms with Gasteiger partial charge in [0.25, 0.3) is 0 Å². The number of fused-ring (bicyclic) bond motifs is 2. The first-order valence-corrected chi connectivity index (χ1v) is 9.60. The molecule has 4 rings (SSSR count). The Hall–Kier alpha value is -1.56. The number of halogens is 1. The van der Waals surface area contributed by atoms with Crippen LogP contribution in [0.1, 0.15) is 30.4 Å². The maximum atomic E-state index is 12.6. The summed E-state index contributed by atoms with van der Waals surface area (Å²) in [5, 5.41) is 1.40. The minimum absolute atomic E-state index is 0. The first-order chi connectivity index (χ1) is 12.6. The molecule has 1 saturated heterocycles. The van der Waals surface area contributed by atoms with Crippen LogP contribution in [-0.2, 0) is 27.7 Å². The number of likely N-dealkylation sites (tertiary alicyclic amines) is 1. The average Bonchev–Trinajstić information content (AvgIpc) is 2.98. The lowest BCUT2D eigenvalue weighted by Gasteiger charge is -2.46. The monoisotopic (exact) mass is 392 g/mol. The van der Waals surface area contributed by atoms with Crippen LogP contribution in [0.15, 0.2) is 24.4 Å². The van der Waals surface area contributed by atoms with Crippen molar-refractivity contribution in [3.63, 3.8) is 0 Å². The zero-order valence-electron chi connectivity index (χ0n) is 16.3. The van der Waals surface area contributed by atoms with Crippen LogP contribution in [0.25, 0.3) is 10.9 Å². The number of hydrogen-bond acceptors (Lipinski definition) is 4. The molecule has 0 radical (unpaired) electrons. The normalized spacial score (nSPS) is 24.3. The summed E-state index contributed by atoms with van der Waals surface area (Å²) in [4.78, 5) is 15.1. The molecule has 1 aromatic heterocycles. The second-order valence-electron chi connectivity index (χ2n) is 7.57. The van der Waals surface area contributed by atoms with E-state index in [1.807, 2.05) is 0 Å². The molecule has 0 N–H and O–H groups in total. The van der Waals surface area contributed by atoms with E-state index in [1.165, 1.54) is 22.0 Å². The van der Waals surface area contributed by atoms with Crippen LogP contribution in [0, 0.1) is 5.92 Å². The van der Waals surface area contributed by atoms with E-state index < -0.39 is 0 Å². The molecule has 5 nitrogen and oxygen atoms in total. The molecule has 0 spiro atoms. The van der Waals surface area contributed by atoms with Crippen LogP contribution < -0.4 is 0 Å². The number of carbonyl (C=O) groups is 1. The van der Waals surface area contributed by atoms with E-state index >= 15 is 0 Å². The molecule has 2 aliphatic rings. The van der Waals surface area contributed by atoms with Crippen molar-refractivity contribution in [1.29, 1.82) is 0 Å². The number of rotatable bonds is 5. The fourth-order valence-corrected chi connectivity index (χ4v) is 4.95. The van der Waals surface area contributed by atoms with Crippen molar-refractivity contribution in [2.24, 2.45) is 13.0 Å². The van der Waals surface area contributed by atoms with Crippen molar-refractivity contribution < 1.29 is 14.3 Å². The molecule has 1 aromatic carbocycles. The minimum atomic E-state index is -0.0787. The number of likely N-dealkylation sites (N-methyl/N-ethyl adjacent to an activating group) is 1. The van der Waals surface area contributed by atoms with Crippen molar-refractivity contribution in [3.05, 3.63) is 35.5 Å². The van der Waals surface area contributed by atoms with Gasteiger partial charge in [-0.2, -0.15) is 0 Å². The average molecular weight is 393 g/mol. The zero-order chi connectivity index (χ0) is 18.3. The fourth-order valence-electron chi connectivity index (χ4n) is 4.95. The van der Waals surface area contributed by atoms with Gasteiger partial charge in [0.15, 0.2) is 0 Å². The Morgan fingerprint density at radius 3 is 2.85 bits per heavy atom. The second kappa shape index (κ2) is 8.21. The largest absolute Gasteiger partial charge is 0.463 e. The molecule has 2 heterocycles. The molecule has 148 valence electrons. The van der Waals surface area contributed by atoms with E-state index in [0.717, 1.165) is 25.9 Å². The van der Waals surface area contributed by atoms with Crippen LogP contribution in [0.2, 0.25) is 0 Å². The molecule has 0 bridgehead atoms. The smallest absolute Gasteiger partial charge is 0.310 e. The molecule has 2 aromatic rings. The van der Waals surface area contributed by atoms with Gasteiger partial charge in [0.2, 0.25) is 0 Å². The molecular weight excluding hydrogens is 364 g/mol. The highest BCUT2D eigenvalue weighted by molar-refractivity contribution is 5.89. The van der Waals surface area contributed by atoms with Crippen LogP contribution in [0.5, 0.6) is 0 Å². The lowest BCUT2D eigenvalue weighted by Crippen LogP contribution is -2.51. The van der Waals surface area contributed by atoms with Crippen LogP contribution in [-0.4, -0.2) is 54.9 Å². The third kappa shape index (κ3) is 3.48. The van der Waals surface area contributed by atoms with Gasteiger partial charge in [0.05, 0.1) is 12.5 Å². The van der Waals surface area contributed by atoms with Crippen molar-refractivity contribution in [2.75, 3.05) is 33.4 Å². The lowest BCUT2D eigenvalue weighted by molar-refractivity contribution is -0.152. The fraction of sp³-hybridized carbons (Fsp3) is 0.571. The predicted molar refractivity (Wildman–Crippen MR) is 109 cm³/mol. The van der Waals surface area contributed by atoms with E-state index in [0.29, 0.717) is 25.2 Å². The summed E-state index contributed by atoms with van der Waals surface area (Å²) >= 11 is 0. The highest BCUT2D eigenvalue weighted by atomic mass is 35.5. The number of benzene rings is 1. The Kier molecular flexibility index (Phi) is 6.14. The number of esters is 1. The highest BCUT2D eigenvalue weighted by Crippen LogP contribution is 2.45. The van der Waals surface area contributed by atoms with Crippen LogP contribution >= 0.6 is 12.4 Å². The molecule has 0 saturated carbocycles. The van der Waals surface area contributed by atoms with Crippen molar-refractivity contribution in [2.45, 2.75) is 31.7 Å². The number of ether oxygens (including phenoxy) is 2. The summed E-state index contributed by atoms with van der Waals surface area (Å²) in [7, 11) is 3.75. The van der Waals surface area contributed by atoms with E-state index in [4.69, 9.17) is 9.47 Å². The number of hydrogen-bond donors (Lipinski definition) is 0. The van der Waals surface area contributed by atoms with Crippen LogP contribution in [0.4, 0.5) is 0 Å². The van der Waals surface area contributed by atoms with Gasteiger partial charge in [-0.25, -0.2) is 0 Å². The molecule has 1 aliphatic carbocycles. The third-order valence-electron chi connectivity index (χ3n) is 6.15. The molecule has 1 aliphatic heterocycles. The molecule has 1 fully saturated rings. The number of nitrogens with zero attached hydrogens (tertiary/aromatic N) is 2. The lowest BCUT2D eigenvalue weighted by atomic mass is 9.72. The number of aryl methyl sites for hydroxylation is 1. The molecule has 6 heteroatoms. The third-order valence-corrected chi connectivity index (χ3v) is 6.15. The standard InChI is InChI=1S/C21H28N2O3.ClH/c1-4-23-13-15(21(24)26-9-8-25-3)10-17-16-6-5-7-18-20(16)14(11-19(17)23)12-22(18)2;/h5-7,12,15,17,19H,4,8-11,13H2,1-3H3;1H/t15-,17?,19-;/m1./s1. The van der Waals surface area contributed by atoms with Gasteiger partial charge < -0.3 is 14.0 Å². The molecule has 1 unspecified atom stereocenters. The van der Waals surface area contributed by atoms with Gasteiger partial charge in [0.1, 0.15) is 6.61 Å². The van der Waals surface area contributed by atoms with Gasteiger partial charge in [-0.05, 0) is 36.6 Å². The number of piperidine rings is 1. The molecular formula is C21H29ClN2O3. The first kappa shape index (κ1) is 20.2. The SMILES string of the molecule is CCN1C[C@H](C(=O)OCCOC)CC2c3cccc4c3c(cn4C)C[C@H]21.Cl. The van der Waals surface area contributed by atoms with Gasteiger partial charge in [-0.1, -0.05) is 19.1 Å². The Labute approximate surface area is 167 Å². The summed E-state index contributed by atoms with van der Waals surface area (Å²) in [6.07, 6.45) is 4.22. The summed E-state index contributed by atoms with van der Waals surface area (Å²) in [6.45, 7) is 4.73. The Morgan fingerprint density at radius 2 is 2.11 bits per heavy atom. The van der Waals surface area contributed by atoms with Crippen molar-refractivity contribution in [1.82, 2.24) is 9.47 Å².